The number of carbonyl (C=O) groups is 2. The highest BCUT2D eigenvalue weighted by Gasteiger charge is 2.26. The van der Waals surface area contributed by atoms with E-state index in [1.807, 2.05) is 0 Å². The van der Waals surface area contributed by atoms with E-state index in [9.17, 15) is 9.59 Å². The highest BCUT2D eigenvalue weighted by atomic mass is 79.9. The van der Waals surface area contributed by atoms with Crippen LogP contribution < -0.4 is 0 Å². The maximum Gasteiger partial charge on any atom is 0.338 e. The van der Waals surface area contributed by atoms with Crippen LogP contribution >= 0.6 is 15.9 Å². The van der Waals surface area contributed by atoms with Crippen LogP contribution in [0.2, 0.25) is 0 Å². The summed E-state index contributed by atoms with van der Waals surface area (Å²) in [6, 6.07) is 5.17. The van der Waals surface area contributed by atoms with Gasteiger partial charge in [0.15, 0.2) is 0 Å². The molecule has 1 atom stereocenters. The van der Waals surface area contributed by atoms with Crippen molar-refractivity contribution < 1.29 is 23.5 Å². The quantitative estimate of drug-likeness (QED) is 0.789. The van der Waals surface area contributed by atoms with Gasteiger partial charge in [0, 0.05) is 5.39 Å². The lowest BCUT2D eigenvalue weighted by atomic mass is 10.1. The number of halogens is 1. The van der Waals surface area contributed by atoms with E-state index < -0.39 is 5.97 Å². The monoisotopic (exact) mass is 352 g/mol. The molecule has 0 spiro atoms. The fraction of sp³-hybridized carbons (Fsp3) is 0.333. The Kier molecular flexibility index (Phi) is 3.96. The molecule has 1 aromatic carbocycles. The lowest BCUT2D eigenvalue weighted by molar-refractivity contribution is -0.141. The van der Waals surface area contributed by atoms with Crippen molar-refractivity contribution in [2.45, 2.75) is 12.8 Å². The van der Waals surface area contributed by atoms with Gasteiger partial charge in [-0.3, -0.25) is 4.79 Å². The number of rotatable bonds is 4. The van der Waals surface area contributed by atoms with Gasteiger partial charge < -0.3 is 13.9 Å². The third-order valence-electron chi connectivity index (χ3n) is 3.48. The molecule has 0 amide bonds. The molecule has 1 aromatic heterocycles. The maximum atomic E-state index is 12.0. The summed E-state index contributed by atoms with van der Waals surface area (Å²) in [5.74, 6) is -0.764. The number of carbonyl (C=O) groups excluding carboxylic acids is 2. The zero-order valence-corrected chi connectivity index (χ0v) is 12.7. The summed E-state index contributed by atoms with van der Waals surface area (Å²) in [6.45, 7) is 0.668. The van der Waals surface area contributed by atoms with E-state index in [0.717, 1.165) is 5.39 Å². The fourth-order valence-electron chi connectivity index (χ4n) is 2.33. The topological polar surface area (TPSA) is 65.7 Å². The smallest absolute Gasteiger partial charge is 0.338 e. The number of benzene rings is 1. The van der Waals surface area contributed by atoms with E-state index in [0.29, 0.717) is 35.1 Å². The van der Waals surface area contributed by atoms with Crippen LogP contribution in [-0.4, -0.2) is 25.2 Å². The lowest BCUT2D eigenvalue weighted by Crippen LogP contribution is -2.13. The Bertz CT molecular complexity index is 690. The summed E-state index contributed by atoms with van der Waals surface area (Å²) in [4.78, 5) is 23.3. The SMILES string of the molecule is O=C(OCCC1CCOC1=O)c1cc(Br)c2occc2c1. The van der Waals surface area contributed by atoms with Gasteiger partial charge in [0.25, 0.3) is 0 Å². The zero-order chi connectivity index (χ0) is 14.8. The second-order valence-corrected chi connectivity index (χ2v) is 5.73. The predicted molar refractivity (Wildman–Crippen MR) is 77.9 cm³/mol. The molecule has 0 saturated carbocycles. The average Bonchev–Trinajstić information content (AvgIpc) is 3.08. The maximum absolute atomic E-state index is 12.0. The second-order valence-electron chi connectivity index (χ2n) is 4.87. The number of fused-ring (bicyclic) bond motifs is 1. The number of esters is 2. The van der Waals surface area contributed by atoms with Gasteiger partial charge in [0.1, 0.15) is 5.58 Å². The highest BCUT2D eigenvalue weighted by Crippen LogP contribution is 2.27. The van der Waals surface area contributed by atoms with Crippen molar-refractivity contribution in [3.63, 3.8) is 0 Å². The molecule has 2 aromatic rings. The summed E-state index contributed by atoms with van der Waals surface area (Å²) in [5, 5.41) is 0.829. The van der Waals surface area contributed by atoms with Crippen molar-refractivity contribution in [3.8, 4) is 0 Å². The van der Waals surface area contributed by atoms with Crippen molar-refractivity contribution in [1.29, 1.82) is 0 Å². The lowest BCUT2D eigenvalue weighted by Gasteiger charge is -2.07. The fourth-order valence-corrected chi connectivity index (χ4v) is 2.90. The van der Waals surface area contributed by atoms with Crippen molar-refractivity contribution in [2.75, 3.05) is 13.2 Å². The van der Waals surface area contributed by atoms with Gasteiger partial charge in [-0.1, -0.05) is 0 Å². The van der Waals surface area contributed by atoms with E-state index >= 15 is 0 Å². The van der Waals surface area contributed by atoms with E-state index in [1.54, 1.807) is 24.5 Å². The predicted octanol–water partition coefficient (Wildman–Crippen LogP) is 3.31. The van der Waals surface area contributed by atoms with Gasteiger partial charge in [0.05, 0.1) is 35.4 Å². The number of ether oxygens (including phenoxy) is 2. The zero-order valence-electron chi connectivity index (χ0n) is 11.1. The number of furan rings is 1. The molecule has 3 rings (SSSR count). The van der Waals surface area contributed by atoms with Crippen LogP contribution in [0.3, 0.4) is 0 Å². The van der Waals surface area contributed by atoms with E-state index in [2.05, 4.69) is 15.9 Å². The molecule has 1 unspecified atom stereocenters. The highest BCUT2D eigenvalue weighted by molar-refractivity contribution is 9.10. The standard InChI is InChI=1S/C15H13BrO5/c16-12-8-11(7-10-3-4-19-13(10)12)15(18)21-6-2-9-1-5-20-14(9)17/h3-4,7-9H,1-2,5-6H2. The van der Waals surface area contributed by atoms with Gasteiger partial charge in [-0.25, -0.2) is 4.79 Å². The van der Waals surface area contributed by atoms with Crippen molar-refractivity contribution in [1.82, 2.24) is 0 Å². The molecule has 1 fully saturated rings. The van der Waals surface area contributed by atoms with Gasteiger partial charge in [-0.2, -0.15) is 0 Å². The van der Waals surface area contributed by atoms with Crippen LogP contribution in [0.1, 0.15) is 23.2 Å². The molecule has 6 heteroatoms. The van der Waals surface area contributed by atoms with Crippen molar-refractivity contribution in [3.05, 3.63) is 34.5 Å². The Morgan fingerprint density at radius 3 is 3.05 bits per heavy atom. The summed E-state index contributed by atoms with van der Waals surface area (Å²) in [6.07, 6.45) is 2.76. The van der Waals surface area contributed by atoms with Gasteiger partial charge >= 0.3 is 11.9 Å². The minimum Gasteiger partial charge on any atom is -0.465 e. The van der Waals surface area contributed by atoms with E-state index in [-0.39, 0.29) is 18.5 Å². The van der Waals surface area contributed by atoms with Crippen LogP contribution in [-0.2, 0) is 14.3 Å². The minimum atomic E-state index is -0.412. The normalized spacial score (nSPS) is 18.0. The third kappa shape index (κ3) is 2.95. The summed E-state index contributed by atoms with van der Waals surface area (Å²) >= 11 is 3.36. The van der Waals surface area contributed by atoms with Gasteiger partial charge in [-0.05, 0) is 47.0 Å². The molecule has 110 valence electrons. The first-order valence-corrected chi connectivity index (χ1v) is 7.45. The Hall–Kier alpha value is -1.82. The summed E-state index contributed by atoms with van der Waals surface area (Å²) < 4.78 is 16.1. The van der Waals surface area contributed by atoms with E-state index in [1.165, 1.54) is 0 Å². The molecule has 2 heterocycles. The molecule has 0 radical (unpaired) electrons. The van der Waals surface area contributed by atoms with Crippen LogP contribution in [0.25, 0.3) is 11.0 Å². The first-order chi connectivity index (χ1) is 10.1. The Balaban J connectivity index is 1.62. The second kappa shape index (κ2) is 5.89. The number of cyclic esters (lactones) is 1. The Labute approximate surface area is 129 Å². The first kappa shape index (κ1) is 14.1. The molecular formula is C15H13BrO5. The summed E-state index contributed by atoms with van der Waals surface area (Å²) in [5.41, 5.74) is 1.14. The molecule has 1 saturated heterocycles. The molecule has 1 aliphatic rings. The number of hydrogen-bond donors (Lipinski definition) is 0. The van der Waals surface area contributed by atoms with Crippen LogP contribution in [0, 0.1) is 5.92 Å². The minimum absolute atomic E-state index is 0.152. The summed E-state index contributed by atoms with van der Waals surface area (Å²) in [7, 11) is 0. The van der Waals surface area contributed by atoms with Crippen LogP contribution in [0.4, 0.5) is 0 Å². The third-order valence-corrected chi connectivity index (χ3v) is 4.07. The molecule has 0 bridgehead atoms. The largest absolute Gasteiger partial charge is 0.465 e. The van der Waals surface area contributed by atoms with Gasteiger partial charge in [0.2, 0.25) is 0 Å². The first-order valence-electron chi connectivity index (χ1n) is 6.65. The Morgan fingerprint density at radius 1 is 1.43 bits per heavy atom. The number of hydrogen-bond acceptors (Lipinski definition) is 5. The van der Waals surface area contributed by atoms with E-state index in [4.69, 9.17) is 13.9 Å². The van der Waals surface area contributed by atoms with Crippen molar-refractivity contribution >= 4 is 38.8 Å². The molecule has 1 aliphatic heterocycles. The average molecular weight is 353 g/mol. The molecule has 0 N–H and O–H groups in total. The van der Waals surface area contributed by atoms with Gasteiger partial charge in [-0.15, -0.1) is 0 Å². The molecule has 21 heavy (non-hydrogen) atoms. The Morgan fingerprint density at radius 2 is 2.29 bits per heavy atom. The molecular weight excluding hydrogens is 340 g/mol. The van der Waals surface area contributed by atoms with Crippen LogP contribution in [0.15, 0.2) is 33.4 Å². The molecule has 0 aliphatic carbocycles. The molecule has 5 nitrogen and oxygen atoms in total. The van der Waals surface area contributed by atoms with Crippen molar-refractivity contribution in [2.24, 2.45) is 5.92 Å². The van der Waals surface area contributed by atoms with Crippen LogP contribution in [0.5, 0.6) is 0 Å².